The Hall–Kier alpha value is -0.520. The van der Waals surface area contributed by atoms with Crippen LogP contribution in [0.2, 0.25) is 10.6 Å². The molecule has 4 nitrogen and oxygen atoms in total. The van der Waals surface area contributed by atoms with Crippen molar-refractivity contribution in [1.82, 2.24) is 19.5 Å². The second-order valence-electron chi connectivity index (χ2n) is 3.94. The predicted molar refractivity (Wildman–Crippen MR) is 70.9 cm³/mol. The molecule has 1 aliphatic heterocycles. The monoisotopic (exact) mass is 288 g/mol. The molecule has 0 aromatic carbocycles. The third-order valence-corrected chi connectivity index (χ3v) is 4.41. The van der Waals surface area contributed by atoms with E-state index in [1.54, 1.807) is 6.20 Å². The van der Waals surface area contributed by atoms with Crippen molar-refractivity contribution < 1.29 is 0 Å². The Balaban J connectivity index is 2.13. The molecule has 0 aliphatic carbocycles. The number of hydrogen-bond donors (Lipinski definition) is 0. The molecule has 7 heteroatoms. The SMILES string of the molecule is Clc1ncc2nc(Cl)n(C3CCSCC3)c2n1. The predicted octanol–water partition coefficient (Wildman–Crippen LogP) is 3.20. The molecule has 2 aromatic heterocycles. The van der Waals surface area contributed by atoms with Crippen molar-refractivity contribution in [2.24, 2.45) is 0 Å². The Morgan fingerprint density at radius 2 is 2.00 bits per heavy atom. The lowest BCUT2D eigenvalue weighted by atomic mass is 10.1. The van der Waals surface area contributed by atoms with Crippen LogP contribution in [0.3, 0.4) is 0 Å². The zero-order valence-corrected chi connectivity index (χ0v) is 11.3. The lowest BCUT2D eigenvalue weighted by Crippen LogP contribution is -2.15. The fourth-order valence-corrected chi connectivity index (χ4v) is 3.63. The normalized spacial score (nSPS) is 17.8. The van der Waals surface area contributed by atoms with Gasteiger partial charge in [0.1, 0.15) is 5.52 Å². The van der Waals surface area contributed by atoms with Gasteiger partial charge in [0.05, 0.1) is 6.20 Å². The van der Waals surface area contributed by atoms with Crippen molar-refractivity contribution in [3.63, 3.8) is 0 Å². The maximum Gasteiger partial charge on any atom is 0.224 e. The van der Waals surface area contributed by atoms with Crippen molar-refractivity contribution in [2.75, 3.05) is 11.5 Å². The van der Waals surface area contributed by atoms with Crippen LogP contribution in [-0.2, 0) is 0 Å². The second kappa shape index (κ2) is 4.63. The van der Waals surface area contributed by atoms with E-state index in [9.17, 15) is 0 Å². The number of hydrogen-bond acceptors (Lipinski definition) is 4. The van der Waals surface area contributed by atoms with Crippen LogP contribution in [0.15, 0.2) is 6.20 Å². The molecule has 3 rings (SSSR count). The molecular weight excluding hydrogens is 279 g/mol. The molecule has 17 heavy (non-hydrogen) atoms. The van der Waals surface area contributed by atoms with E-state index in [1.807, 2.05) is 16.3 Å². The first-order valence-corrected chi connectivity index (χ1v) is 7.30. The summed E-state index contributed by atoms with van der Waals surface area (Å²) in [5.41, 5.74) is 1.45. The molecule has 0 saturated carbocycles. The van der Waals surface area contributed by atoms with Gasteiger partial charge in [-0.2, -0.15) is 16.7 Å². The molecule has 0 unspecified atom stereocenters. The van der Waals surface area contributed by atoms with Crippen molar-refractivity contribution in [2.45, 2.75) is 18.9 Å². The molecule has 1 saturated heterocycles. The maximum absolute atomic E-state index is 6.19. The van der Waals surface area contributed by atoms with Crippen LogP contribution in [0, 0.1) is 0 Å². The summed E-state index contributed by atoms with van der Waals surface area (Å²) in [6, 6.07) is 0.375. The Morgan fingerprint density at radius 3 is 2.76 bits per heavy atom. The van der Waals surface area contributed by atoms with Crippen LogP contribution in [0.1, 0.15) is 18.9 Å². The van der Waals surface area contributed by atoms with E-state index in [4.69, 9.17) is 23.2 Å². The third-order valence-electron chi connectivity index (χ3n) is 2.92. The zero-order valence-electron chi connectivity index (χ0n) is 8.94. The van der Waals surface area contributed by atoms with Crippen molar-refractivity contribution >= 4 is 46.1 Å². The minimum atomic E-state index is 0.237. The highest BCUT2D eigenvalue weighted by Crippen LogP contribution is 2.32. The summed E-state index contributed by atoms with van der Waals surface area (Å²) in [5.74, 6) is 2.30. The Kier molecular flexibility index (Phi) is 3.15. The molecule has 1 aliphatic rings. The Labute approximate surface area is 113 Å². The molecule has 2 aromatic rings. The van der Waals surface area contributed by atoms with Gasteiger partial charge < -0.3 is 0 Å². The average Bonchev–Trinajstić information content (AvgIpc) is 2.65. The standard InChI is InChI=1S/C10H10Cl2N4S/c11-9-13-5-7-8(15-9)16(10(12)14-7)6-1-3-17-4-2-6/h5-6H,1-4H2. The van der Waals surface area contributed by atoms with Gasteiger partial charge >= 0.3 is 0 Å². The highest BCUT2D eigenvalue weighted by Gasteiger charge is 2.21. The molecule has 0 N–H and O–H groups in total. The van der Waals surface area contributed by atoms with Gasteiger partial charge in [-0.3, -0.25) is 4.57 Å². The molecule has 0 radical (unpaired) electrons. The lowest BCUT2D eigenvalue weighted by molar-refractivity contribution is 0.479. The summed E-state index contributed by atoms with van der Waals surface area (Å²) in [7, 11) is 0. The summed E-state index contributed by atoms with van der Waals surface area (Å²) in [4.78, 5) is 12.4. The van der Waals surface area contributed by atoms with E-state index in [1.165, 1.54) is 0 Å². The van der Waals surface area contributed by atoms with Gasteiger partial charge in [0.25, 0.3) is 0 Å². The molecule has 1 fully saturated rings. The third kappa shape index (κ3) is 2.11. The van der Waals surface area contributed by atoms with Crippen molar-refractivity contribution in [3.8, 4) is 0 Å². The Morgan fingerprint density at radius 1 is 1.24 bits per heavy atom. The van der Waals surface area contributed by atoms with Crippen molar-refractivity contribution in [3.05, 3.63) is 16.8 Å². The van der Waals surface area contributed by atoms with Gasteiger partial charge in [-0.05, 0) is 47.5 Å². The smallest absolute Gasteiger partial charge is 0.224 e. The van der Waals surface area contributed by atoms with Gasteiger partial charge in [-0.15, -0.1) is 0 Å². The average molecular weight is 289 g/mol. The van der Waals surface area contributed by atoms with E-state index in [2.05, 4.69) is 15.0 Å². The topological polar surface area (TPSA) is 43.6 Å². The van der Waals surface area contributed by atoms with Crippen LogP contribution in [0.4, 0.5) is 0 Å². The molecule has 0 amide bonds. The number of nitrogens with zero attached hydrogens (tertiary/aromatic N) is 4. The molecule has 90 valence electrons. The van der Waals surface area contributed by atoms with Gasteiger partial charge in [0.2, 0.25) is 10.6 Å². The summed E-state index contributed by atoms with van der Waals surface area (Å²) < 4.78 is 1.99. The van der Waals surface area contributed by atoms with Gasteiger partial charge in [-0.25, -0.2) is 9.97 Å². The summed E-state index contributed by atoms with van der Waals surface area (Å²) in [5, 5.41) is 0.717. The summed E-state index contributed by atoms with van der Waals surface area (Å²) in [6.45, 7) is 0. The van der Waals surface area contributed by atoms with Crippen LogP contribution in [0.25, 0.3) is 11.2 Å². The first kappa shape index (κ1) is 11.6. The number of halogens is 2. The summed E-state index contributed by atoms with van der Waals surface area (Å²) in [6.07, 6.45) is 3.81. The highest BCUT2D eigenvalue weighted by atomic mass is 35.5. The van der Waals surface area contributed by atoms with Crippen LogP contribution in [-0.4, -0.2) is 31.0 Å². The van der Waals surface area contributed by atoms with E-state index < -0.39 is 0 Å². The largest absolute Gasteiger partial charge is 0.296 e. The minimum Gasteiger partial charge on any atom is -0.296 e. The number of aromatic nitrogens is 4. The fraction of sp³-hybridized carbons (Fsp3) is 0.500. The number of rotatable bonds is 1. The number of thioether (sulfide) groups is 1. The molecule has 3 heterocycles. The van der Waals surface area contributed by atoms with Crippen LogP contribution in [0.5, 0.6) is 0 Å². The number of imidazole rings is 1. The number of fused-ring (bicyclic) bond motifs is 1. The van der Waals surface area contributed by atoms with E-state index in [0.717, 1.165) is 30.0 Å². The molecule has 0 atom stereocenters. The highest BCUT2D eigenvalue weighted by molar-refractivity contribution is 7.99. The van der Waals surface area contributed by atoms with Gasteiger partial charge in [0.15, 0.2) is 5.65 Å². The molecule has 0 spiro atoms. The first-order valence-electron chi connectivity index (χ1n) is 5.39. The fourth-order valence-electron chi connectivity index (χ4n) is 2.11. The minimum absolute atomic E-state index is 0.237. The van der Waals surface area contributed by atoms with Crippen LogP contribution >= 0.6 is 35.0 Å². The lowest BCUT2D eigenvalue weighted by Gasteiger charge is -2.23. The quantitative estimate of drug-likeness (QED) is 0.597. The zero-order chi connectivity index (χ0) is 11.8. The first-order chi connectivity index (χ1) is 8.25. The van der Waals surface area contributed by atoms with E-state index in [-0.39, 0.29) is 5.28 Å². The maximum atomic E-state index is 6.19. The van der Waals surface area contributed by atoms with E-state index >= 15 is 0 Å². The summed E-state index contributed by atoms with van der Waals surface area (Å²) >= 11 is 14.0. The molecule has 0 bridgehead atoms. The second-order valence-corrected chi connectivity index (χ2v) is 5.84. The van der Waals surface area contributed by atoms with Crippen molar-refractivity contribution in [1.29, 1.82) is 0 Å². The van der Waals surface area contributed by atoms with Gasteiger partial charge in [0, 0.05) is 6.04 Å². The molecular formula is C10H10Cl2N4S. The van der Waals surface area contributed by atoms with Crippen LogP contribution < -0.4 is 0 Å². The Bertz CT molecular complexity index is 550. The van der Waals surface area contributed by atoms with E-state index in [0.29, 0.717) is 16.8 Å². The van der Waals surface area contributed by atoms with Gasteiger partial charge in [-0.1, -0.05) is 0 Å².